The minimum absolute atomic E-state index is 0.00102. The van der Waals surface area contributed by atoms with E-state index >= 15 is 0 Å². The average molecular weight is 507 g/mol. The molecule has 1 saturated heterocycles. The number of hydrogen-bond acceptors (Lipinski definition) is 5. The zero-order valence-electron chi connectivity index (χ0n) is 22.4. The highest BCUT2D eigenvalue weighted by Gasteiger charge is 2.30. The monoisotopic (exact) mass is 506 g/mol. The molecule has 0 spiro atoms. The van der Waals surface area contributed by atoms with Crippen LogP contribution >= 0.6 is 7.82 Å². The van der Waals surface area contributed by atoms with E-state index < -0.39 is 7.82 Å². The van der Waals surface area contributed by atoms with Gasteiger partial charge in [-0.05, 0) is 38.5 Å². The second kappa shape index (κ2) is 18.9. The summed E-state index contributed by atoms with van der Waals surface area (Å²) in [5.74, 6) is 0. The van der Waals surface area contributed by atoms with Crippen LogP contribution in [0.15, 0.2) is 12.2 Å². The lowest BCUT2D eigenvalue weighted by Crippen LogP contribution is -2.37. The summed E-state index contributed by atoms with van der Waals surface area (Å²) in [6.45, 7) is 3.43. The molecule has 0 saturated carbocycles. The van der Waals surface area contributed by atoms with Gasteiger partial charge in [0.25, 0.3) is 0 Å². The molecule has 0 aromatic rings. The van der Waals surface area contributed by atoms with Gasteiger partial charge in [0.1, 0.15) is 19.3 Å². The number of hydrogen-bond donors (Lipinski definition) is 1. The van der Waals surface area contributed by atoms with Crippen LogP contribution < -0.4 is 0 Å². The second-order valence-corrected chi connectivity index (χ2v) is 12.0. The maximum atomic E-state index is 12.0. The van der Waals surface area contributed by atoms with Crippen LogP contribution in [-0.2, 0) is 23.1 Å². The third-order valence-electron chi connectivity index (χ3n) is 5.95. The van der Waals surface area contributed by atoms with Crippen LogP contribution in [0, 0.1) is 0 Å². The Balaban J connectivity index is 1.94. The van der Waals surface area contributed by atoms with Crippen molar-refractivity contribution in [2.45, 2.75) is 109 Å². The van der Waals surface area contributed by atoms with Gasteiger partial charge in [-0.15, -0.1) is 0 Å². The summed E-state index contributed by atoms with van der Waals surface area (Å²) in [6.07, 6.45) is 21.7. The summed E-state index contributed by atoms with van der Waals surface area (Å²) in [4.78, 5) is 9.79. The highest BCUT2D eigenvalue weighted by Crippen LogP contribution is 2.43. The van der Waals surface area contributed by atoms with Gasteiger partial charge in [0.2, 0.25) is 0 Å². The molecule has 0 radical (unpaired) electrons. The molecular weight excluding hydrogens is 453 g/mol. The molecule has 1 aliphatic heterocycles. The van der Waals surface area contributed by atoms with Crippen molar-refractivity contribution < 1.29 is 32.5 Å². The molecule has 1 heterocycles. The molecule has 8 heteroatoms. The van der Waals surface area contributed by atoms with E-state index in [1.807, 2.05) is 21.1 Å². The number of likely N-dealkylation sites (N-methyl/N-ethyl adjacent to an activating group) is 1. The number of phosphoric acid groups is 1. The van der Waals surface area contributed by atoms with Gasteiger partial charge < -0.3 is 18.9 Å². The van der Waals surface area contributed by atoms with E-state index in [0.29, 0.717) is 17.6 Å². The molecule has 1 aliphatic rings. The lowest BCUT2D eigenvalue weighted by Gasteiger charge is -2.24. The van der Waals surface area contributed by atoms with Gasteiger partial charge in [-0.3, -0.25) is 9.05 Å². The average Bonchev–Trinajstić information content (AvgIpc) is 3.22. The Labute approximate surface area is 209 Å². The predicted molar refractivity (Wildman–Crippen MR) is 139 cm³/mol. The van der Waals surface area contributed by atoms with E-state index in [4.69, 9.17) is 18.5 Å². The lowest BCUT2D eigenvalue weighted by atomic mass is 10.1. The standard InChI is InChI=1S/C26H52NO6P/c1-5-6-7-8-9-10-11-12-13-14-15-16-17-18-19-20-26-30-23-25(33-26)24-32-34(28,29)31-22-21-27(2,3)4/h12-13,25-26H,5-11,14-24H2,1-4H3/p+1/b13-12+. The molecule has 0 aromatic carbocycles. The Hall–Kier alpha value is -0.270. The number of ether oxygens (including phenoxy) is 2. The molecule has 0 amide bonds. The first-order chi connectivity index (χ1) is 16.2. The van der Waals surface area contributed by atoms with Crippen molar-refractivity contribution in [3.8, 4) is 0 Å². The van der Waals surface area contributed by atoms with Crippen LogP contribution in [0.1, 0.15) is 96.8 Å². The van der Waals surface area contributed by atoms with Crippen LogP contribution in [0.4, 0.5) is 0 Å². The SMILES string of the molecule is CCCCCCCC/C=C/CCCCCCCC1OCC(COP(=O)(O)OCC[N+](C)(C)C)O1. The number of quaternary nitrogens is 1. The summed E-state index contributed by atoms with van der Waals surface area (Å²) < 4.78 is 34.2. The van der Waals surface area contributed by atoms with Gasteiger partial charge in [-0.2, -0.15) is 0 Å². The van der Waals surface area contributed by atoms with Crippen molar-refractivity contribution in [3.05, 3.63) is 12.2 Å². The highest BCUT2D eigenvalue weighted by molar-refractivity contribution is 7.47. The third kappa shape index (κ3) is 19.0. The second-order valence-electron chi connectivity index (χ2n) is 10.5. The fraction of sp³-hybridized carbons (Fsp3) is 0.923. The van der Waals surface area contributed by atoms with E-state index in [1.165, 1.54) is 77.0 Å². The van der Waals surface area contributed by atoms with Crippen LogP contribution in [0.2, 0.25) is 0 Å². The first kappa shape index (κ1) is 31.8. The van der Waals surface area contributed by atoms with Gasteiger partial charge in [-0.25, -0.2) is 4.57 Å². The van der Waals surface area contributed by atoms with E-state index in [2.05, 4.69) is 19.1 Å². The van der Waals surface area contributed by atoms with Crippen molar-refractivity contribution in [2.75, 3.05) is 47.5 Å². The summed E-state index contributed by atoms with van der Waals surface area (Å²) in [7, 11) is 1.92. The zero-order valence-corrected chi connectivity index (χ0v) is 23.3. The van der Waals surface area contributed by atoms with Crippen LogP contribution in [0.5, 0.6) is 0 Å². The molecule has 1 fully saturated rings. The normalized spacial score (nSPS) is 20.9. The number of allylic oxidation sites excluding steroid dienone is 2. The van der Waals surface area contributed by atoms with Gasteiger partial charge >= 0.3 is 7.82 Å². The van der Waals surface area contributed by atoms with Crippen molar-refractivity contribution in [1.82, 2.24) is 0 Å². The molecular formula is C26H53NO6P+. The Morgan fingerprint density at radius 1 is 0.912 bits per heavy atom. The van der Waals surface area contributed by atoms with E-state index in [9.17, 15) is 9.46 Å². The molecule has 1 N–H and O–H groups in total. The van der Waals surface area contributed by atoms with Gasteiger partial charge in [-0.1, -0.05) is 70.4 Å². The zero-order chi connectivity index (χ0) is 25.1. The largest absolute Gasteiger partial charge is 0.472 e. The molecule has 202 valence electrons. The first-order valence-electron chi connectivity index (χ1n) is 13.6. The number of nitrogens with zero attached hydrogens (tertiary/aromatic N) is 1. The number of phosphoric ester groups is 1. The highest BCUT2D eigenvalue weighted by atomic mass is 31.2. The Kier molecular flexibility index (Phi) is 17.7. The van der Waals surface area contributed by atoms with Crippen molar-refractivity contribution in [2.24, 2.45) is 0 Å². The first-order valence-corrected chi connectivity index (χ1v) is 15.1. The van der Waals surface area contributed by atoms with Gasteiger partial charge in [0.15, 0.2) is 6.29 Å². The Morgan fingerprint density at radius 3 is 2.12 bits per heavy atom. The van der Waals surface area contributed by atoms with Crippen molar-refractivity contribution >= 4 is 7.82 Å². The smallest absolute Gasteiger partial charge is 0.350 e. The minimum atomic E-state index is -4.05. The fourth-order valence-electron chi connectivity index (χ4n) is 3.77. The maximum absolute atomic E-state index is 12.0. The summed E-state index contributed by atoms with van der Waals surface area (Å²) in [5.41, 5.74) is 0. The Morgan fingerprint density at radius 2 is 1.50 bits per heavy atom. The Bertz CT molecular complexity index is 566. The third-order valence-corrected chi connectivity index (χ3v) is 6.94. The summed E-state index contributed by atoms with van der Waals surface area (Å²) >= 11 is 0. The quantitative estimate of drug-likeness (QED) is 0.0771. The van der Waals surface area contributed by atoms with Crippen LogP contribution in [0.3, 0.4) is 0 Å². The molecule has 0 aromatic heterocycles. The maximum Gasteiger partial charge on any atom is 0.472 e. The van der Waals surface area contributed by atoms with Gasteiger partial charge in [0.05, 0.1) is 34.4 Å². The van der Waals surface area contributed by atoms with E-state index in [1.54, 1.807) is 0 Å². The van der Waals surface area contributed by atoms with E-state index in [-0.39, 0.29) is 25.6 Å². The molecule has 3 atom stereocenters. The fourth-order valence-corrected chi connectivity index (χ4v) is 4.51. The van der Waals surface area contributed by atoms with Gasteiger partial charge in [0, 0.05) is 0 Å². The summed E-state index contributed by atoms with van der Waals surface area (Å²) in [6, 6.07) is 0. The number of rotatable bonds is 22. The molecule has 0 aliphatic carbocycles. The molecule has 0 bridgehead atoms. The molecule has 34 heavy (non-hydrogen) atoms. The lowest BCUT2D eigenvalue weighted by molar-refractivity contribution is -0.870. The predicted octanol–water partition coefficient (Wildman–Crippen LogP) is 6.61. The molecule has 3 unspecified atom stereocenters. The van der Waals surface area contributed by atoms with Crippen LogP contribution in [-0.4, -0.2) is 69.3 Å². The topological polar surface area (TPSA) is 74.2 Å². The van der Waals surface area contributed by atoms with E-state index in [0.717, 1.165) is 12.8 Å². The number of unbranched alkanes of at least 4 members (excludes halogenated alkanes) is 11. The van der Waals surface area contributed by atoms with Crippen molar-refractivity contribution in [3.63, 3.8) is 0 Å². The summed E-state index contributed by atoms with van der Waals surface area (Å²) in [5, 5.41) is 0. The van der Waals surface area contributed by atoms with Crippen molar-refractivity contribution in [1.29, 1.82) is 0 Å². The van der Waals surface area contributed by atoms with Crippen LogP contribution in [0.25, 0.3) is 0 Å². The molecule has 1 rings (SSSR count). The molecule has 7 nitrogen and oxygen atoms in total. The minimum Gasteiger partial charge on any atom is -0.350 e.